The number of likely N-dealkylation sites (tertiary alicyclic amines) is 1. The normalized spacial score (nSPS) is 18.9. The van der Waals surface area contributed by atoms with E-state index < -0.39 is 0 Å². The van der Waals surface area contributed by atoms with Gasteiger partial charge in [-0.05, 0) is 37.3 Å². The van der Waals surface area contributed by atoms with E-state index in [0.29, 0.717) is 12.6 Å². The van der Waals surface area contributed by atoms with E-state index in [4.69, 9.17) is 0 Å². The van der Waals surface area contributed by atoms with Crippen LogP contribution in [0.4, 0.5) is 5.69 Å². The molecule has 2 N–H and O–H groups in total. The van der Waals surface area contributed by atoms with Crippen LogP contribution in [0.25, 0.3) is 10.8 Å². The van der Waals surface area contributed by atoms with Gasteiger partial charge in [0.25, 0.3) is 0 Å². The Morgan fingerprint density at radius 1 is 1.17 bits per heavy atom. The van der Waals surface area contributed by atoms with Gasteiger partial charge in [-0.2, -0.15) is 0 Å². The van der Waals surface area contributed by atoms with Crippen LogP contribution < -0.4 is 5.32 Å². The molecule has 2 aromatic rings. The van der Waals surface area contributed by atoms with Gasteiger partial charge in [-0.1, -0.05) is 42.8 Å². The second-order valence-corrected chi connectivity index (χ2v) is 6.21. The first-order chi connectivity index (χ1) is 11.3. The van der Waals surface area contributed by atoms with E-state index in [-0.39, 0.29) is 12.5 Å². The number of piperidine rings is 1. The Labute approximate surface area is 137 Å². The average Bonchev–Trinajstić information content (AvgIpc) is 2.57. The second-order valence-electron chi connectivity index (χ2n) is 6.21. The summed E-state index contributed by atoms with van der Waals surface area (Å²) in [5.41, 5.74) is 0.865. The van der Waals surface area contributed by atoms with Gasteiger partial charge in [-0.3, -0.25) is 9.69 Å². The van der Waals surface area contributed by atoms with Gasteiger partial charge in [-0.15, -0.1) is 0 Å². The molecule has 0 aliphatic carbocycles. The van der Waals surface area contributed by atoms with Gasteiger partial charge < -0.3 is 10.4 Å². The largest absolute Gasteiger partial charge is 0.396 e. The van der Waals surface area contributed by atoms with Crippen molar-refractivity contribution in [2.45, 2.75) is 31.7 Å². The van der Waals surface area contributed by atoms with Crippen molar-refractivity contribution in [1.29, 1.82) is 0 Å². The molecular weight excluding hydrogens is 288 g/mol. The van der Waals surface area contributed by atoms with Gasteiger partial charge in [0.1, 0.15) is 0 Å². The van der Waals surface area contributed by atoms with Gasteiger partial charge in [-0.25, -0.2) is 0 Å². The highest BCUT2D eigenvalue weighted by Gasteiger charge is 2.23. The lowest BCUT2D eigenvalue weighted by Crippen LogP contribution is -2.44. The molecule has 1 saturated heterocycles. The van der Waals surface area contributed by atoms with Crippen molar-refractivity contribution in [2.75, 3.05) is 25.0 Å². The molecule has 0 bridgehead atoms. The van der Waals surface area contributed by atoms with Gasteiger partial charge in [0, 0.05) is 23.7 Å². The Kier molecular flexibility index (Phi) is 5.26. The number of hydrogen-bond donors (Lipinski definition) is 2. The fourth-order valence-electron chi connectivity index (χ4n) is 3.45. The molecule has 0 saturated carbocycles. The van der Waals surface area contributed by atoms with Crippen LogP contribution in [-0.2, 0) is 4.79 Å². The van der Waals surface area contributed by atoms with Crippen LogP contribution in [0.2, 0.25) is 0 Å². The molecule has 1 unspecified atom stereocenters. The Hall–Kier alpha value is -1.91. The zero-order valence-electron chi connectivity index (χ0n) is 13.4. The number of nitrogens with one attached hydrogen (secondary N) is 1. The minimum absolute atomic E-state index is 0.0196. The predicted octanol–water partition coefficient (Wildman–Crippen LogP) is 3.02. The van der Waals surface area contributed by atoms with E-state index >= 15 is 0 Å². The Balaban J connectivity index is 1.68. The van der Waals surface area contributed by atoms with Gasteiger partial charge in [0.05, 0.1) is 6.54 Å². The fourth-order valence-corrected chi connectivity index (χ4v) is 3.45. The molecule has 1 aliphatic heterocycles. The first-order valence-corrected chi connectivity index (χ1v) is 8.40. The number of rotatable bonds is 5. The minimum atomic E-state index is 0.0196. The Morgan fingerprint density at radius 3 is 2.87 bits per heavy atom. The van der Waals surface area contributed by atoms with E-state index in [1.807, 2.05) is 42.5 Å². The van der Waals surface area contributed by atoms with E-state index in [9.17, 15) is 9.90 Å². The predicted molar refractivity (Wildman–Crippen MR) is 93.5 cm³/mol. The molecule has 0 aromatic heterocycles. The molecule has 1 atom stereocenters. The summed E-state index contributed by atoms with van der Waals surface area (Å²) in [6, 6.07) is 14.4. The van der Waals surface area contributed by atoms with Crippen molar-refractivity contribution >= 4 is 22.4 Å². The van der Waals surface area contributed by atoms with Crippen LogP contribution >= 0.6 is 0 Å². The van der Waals surface area contributed by atoms with Crippen LogP contribution in [0, 0.1) is 0 Å². The molecule has 0 spiro atoms. The number of carbonyl (C=O) groups is 1. The maximum absolute atomic E-state index is 12.5. The lowest BCUT2D eigenvalue weighted by atomic mass is 9.99. The number of benzene rings is 2. The highest BCUT2D eigenvalue weighted by Crippen LogP contribution is 2.23. The summed E-state index contributed by atoms with van der Waals surface area (Å²) in [6.45, 7) is 1.52. The lowest BCUT2D eigenvalue weighted by Gasteiger charge is -2.34. The molecule has 2 aromatic carbocycles. The third kappa shape index (κ3) is 3.89. The lowest BCUT2D eigenvalue weighted by molar-refractivity contribution is -0.118. The monoisotopic (exact) mass is 312 g/mol. The van der Waals surface area contributed by atoms with E-state index in [2.05, 4.69) is 10.2 Å². The second kappa shape index (κ2) is 7.57. The highest BCUT2D eigenvalue weighted by molar-refractivity contribution is 6.02. The summed E-state index contributed by atoms with van der Waals surface area (Å²) in [4.78, 5) is 14.7. The smallest absolute Gasteiger partial charge is 0.238 e. The molecular formula is C19H24N2O2. The molecule has 1 heterocycles. The molecule has 4 heteroatoms. The van der Waals surface area contributed by atoms with Crippen molar-refractivity contribution in [2.24, 2.45) is 0 Å². The summed E-state index contributed by atoms with van der Waals surface area (Å²) in [6.07, 6.45) is 4.14. The van der Waals surface area contributed by atoms with Crippen molar-refractivity contribution < 1.29 is 9.90 Å². The highest BCUT2D eigenvalue weighted by atomic mass is 16.3. The Morgan fingerprint density at radius 2 is 2.00 bits per heavy atom. The maximum Gasteiger partial charge on any atom is 0.238 e. The van der Waals surface area contributed by atoms with Crippen molar-refractivity contribution in [1.82, 2.24) is 4.90 Å². The number of anilines is 1. The van der Waals surface area contributed by atoms with Crippen LogP contribution in [0.5, 0.6) is 0 Å². The summed E-state index contributed by atoms with van der Waals surface area (Å²) < 4.78 is 0. The van der Waals surface area contributed by atoms with Gasteiger partial charge in [0.15, 0.2) is 0 Å². The number of nitrogens with zero attached hydrogens (tertiary/aromatic N) is 1. The molecule has 1 amide bonds. The number of fused-ring (bicyclic) bond motifs is 1. The molecule has 3 rings (SSSR count). The zero-order chi connectivity index (χ0) is 16.1. The number of aliphatic hydroxyl groups excluding tert-OH is 1. The first kappa shape index (κ1) is 16.0. The van der Waals surface area contributed by atoms with Crippen LogP contribution in [0.1, 0.15) is 25.7 Å². The van der Waals surface area contributed by atoms with Crippen molar-refractivity contribution in [3.63, 3.8) is 0 Å². The van der Waals surface area contributed by atoms with E-state index in [0.717, 1.165) is 42.3 Å². The Bertz CT molecular complexity index is 664. The quantitative estimate of drug-likeness (QED) is 0.892. The van der Waals surface area contributed by atoms with Crippen molar-refractivity contribution in [3.8, 4) is 0 Å². The van der Waals surface area contributed by atoms with Crippen LogP contribution in [0.3, 0.4) is 0 Å². The SMILES string of the molecule is O=C(CN1CCCCC1CCO)Nc1cccc2ccccc12. The summed E-state index contributed by atoms with van der Waals surface area (Å²) >= 11 is 0. The zero-order valence-corrected chi connectivity index (χ0v) is 13.4. The topological polar surface area (TPSA) is 52.6 Å². The number of carbonyl (C=O) groups excluding carboxylic acids is 1. The summed E-state index contributed by atoms with van der Waals surface area (Å²) in [7, 11) is 0. The molecule has 1 fully saturated rings. The van der Waals surface area contributed by atoms with E-state index in [1.54, 1.807) is 0 Å². The van der Waals surface area contributed by atoms with Crippen LogP contribution in [0.15, 0.2) is 42.5 Å². The number of aliphatic hydroxyl groups is 1. The summed E-state index contributed by atoms with van der Waals surface area (Å²) in [5, 5.41) is 14.4. The number of amides is 1. The fraction of sp³-hybridized carbons (Fsp3) is 0.421. The van der Waals surface area contributed by atoms with Crippen LogP contribution in [-0.4, -0.2) is 41.7 Å². The third-order valence-corrected chi connectivity index (χ3v) is 4.62. The van der Waals surface area contributed by atoms with Crippen molar-refractivity contribution in [3.05, 3.63) is 42.5 Å². The number of hydrogen-bond acceptors (Lipinski definition) is 3. The van der Waals surface area contributed by atoms with E-state index in [1.165, 1.54) is 6.42 Å². The molecule has 1 aliphatic rings. The minimum Gasteiger partial charge on any atom is -0.396 e. The third-order valence-electron chi connectivity index (χ3n) is 4.62. The molecule has 23 heavy (non-hydrogen) atoms. The maximum atomic E-state index is 12.5. The molecule has 0 radical (unpaired) electrons. The standard InChI is InChI=1S/C19H24N2O2/c22-13-11-16-8-3-4-12-21(16)14-19(23)20-18-10-5-7-15-6-1-2-9-17(15)18/h1-2,5-7,9-10,16,22H,3-4,8,11-14H2,(H,20,23). The van der Waals surface area contributed by atoms with Gasteiger partial charge >= 0.3 is 0 Å². The molecule has 4 nitrogen and oxygen atoms in total. The average molecular weight is 312 g/mol. The van der Waals surface area contributed by atoms with Gasteiger partial charge in [0.2, 0.25) is 5.91 Å². The first-order valence-electron chi connectivity index (χ1n) is 8.40. The molecule has 122 valence electrons. The summed E-state index contributed by atoms with van der Waals surface area (Å²) in [5.74, 6) is 0.0196.